The van der Waals surface area contributed by atoms with Gasteiger partial charge in [-0.15, -0.1) is 0 Å². The molecule has 0 saturated carbocycles. The monoisotopic (exact) mass is 297 g/mol. The summed E-state index contributed by atoms with van der Waals surface area (Å²) in [6.07, 6.45) is 0.812. The Labute approximate surface area is 120 Å². The summed E-state index contributed by atoms with van der Waals surface area (Å²) in [5.74, 6) is -1.50. The Morgan fingerprint density at radius 3 is 2.90 bits per heavy atom. The summed E-state index contributed by atoms with van der Waals surface area (Å²) in [5, 5.41) is 13.3. The smallest absolute Gasteiger partial charge is 0.293 e. The van der Waals surface area contributed by atoms with E-state index in [0.717, 1.165) is 18.6 Å². The number of carbonyl (C=O) groups excluding carboxylic acids is 1. The number of rotatable bonds is 4. The van der Waals surface area contributed by atoms with Crippen molar-refractivity contribution in [3.63, 3.8) is 0 Å². The van der Waals surface area contributed by atoms with Crippen molar-refractivity contribution in [3.8, 4) is 0 Å². The van der Waals surface area contributed by atoms with Crippen molar-refractivity contribution >= 4 is 17.3 Å². The van der Waals surface area contributed by atoms with Gasteiger partial charge in [0.25, 0.3) is 11.6 Å². The number of nitro groups is 1. The zero-order valence-corrected chi connectivity index (χ0v) is 11.5. The fourth-order valence-electron chi connectivity index (χ4n) is 2.33. The number of halogens is 1. The number of hydrogen-bond acceptors (Lipinski definition) is 5. The quantitative estimate of drug-likeness (QED) is 0.497. The summed E-state index contributed by atoms with van der Waals surface area (Å²) in [6, 6.07) is 1.80. The lowest BCUT2D eigenvalue weighted by atomic mass is 10.0. The largest absolute Gasteiger partial charge is 0.392 e. The third kappa shape index (κ3) is 3.10. The Bertz CT molecular complexity index is 579. The summed E-state index contributed by atoms with van der Waals surface area (Å²) in [6.45, 7) is 2.82. The van der Waals surface area contributed by atoms with Gasteiger partial charge in [-0.1, -0.05) is 0 Å². The van der Waals surface area contributed by atoms with Gasteiger partial charge in [0.2, 0.25) is 0 Å². The van der Waals surface area contributed by atoms with E-state index in [1.807, 2.05) is 6.92 Å². The lowest BCUT2D eigenvalue weighted by Crippen LogP contribution is -2.33. The number of anilines is 1. The molecule has 0 aliphatic carbocycles. The summed E-state index contributed by atoms with van der Waals surface area (Å²) >= 11 is 0. The van der Waals surface area contributed by atoms with Crippen LogP contribution in [0.1, 0.15) is 23.7 Å². The normalized spacial score (nSPS) is 21.2. The molecule has 2 atom stereocenters. The number of nitrogens with one attached hydrogen (secondary N) is 1. The highest BCUT2D eigenvalue weighted by Crippen LogP contribution is 2.27. The number of amides is 1. The highest BCUT2D eigenvalue weighted by atomic mass is 19.1. The molecule has 7 nitrogen and oxygen atoms in total. The van der Waals surface area contributed by atoms with E-state index in [1.165, 1.54) is 0 Å². The van der Waals surface area contributed by atoms with Crippen LogP contribution < -0.4 is 11.1 Å². The van der Waals surface area contributed by atoms with Gasteiger partial charge in [0.1, 0.15) is 17.1 Å². The predicted octanol–water partition coefficient (Wildman–Crippen LogP) is 1.47. The van der Waals surface area contributed by atoms with Crippen molar-refractivity contribution in [2.75, 3.05) is 18.9 Å². The zero-order valence-electron chi connectivity index (χ0n) is 11.5. The SMILES string of the molecule is CC1OCCC1CNC(=O)c1c(F)ccc([N+](=O)[O-])c1N. The van der Waals surface area contributed by atoms with Gasteiger partial charge in [-0.2, -0.15) is 0 Å². The Balaban J connectivity index is 2.15. The molecule has 3 N–H and O–H groups in total. The van der Waals surface area contributed by atoms with Crippen molar-refractivity contribution in [2.24, 2.45) is 5.92 Å². The molecule has 1 aliphatic heterocycles. The molecule has 1 fully saturated rings. The van der Waals surface area contributed by atoms with Gasteiger partial charge in [0, 0.05) is 25.1 Å². The van der Waals surface area contributed by atoms with Crippen molar-refractivity contribution < 1.29 is 18.8 Å². The molecule has 1 aromatic rings. The number of benzene rings is 1. The molecule has 0 bridgehead atoms. The van der Waals surface area contributed by atoms with Crippen LogP contribution in [0.5, 0.6) is 0 Å². The topological polar surface area (TPSA) is 107 Å². The summed E-state index contributed by atoms with van der Waals surface area (Å²) in [5.41, 5.74) is 4.09. The molecule has 8 heteroatoms. The van der Waals surface area contributed by atoms with Gasteiger partial charge in [0.15, 0.2) is 0 Å². The predicted molar refractivity (Wildman–Crippen MR) is 73.3 cm³/mol. The lowest BCUT2D eigenvalue weighted by Gasteiger charge is -2.15. The molecule has 2 unspecified atom stereocenters. The van der Waals surface area contributed by atoms with Crippen molar-refractivity contribution in [3.05, 3.63) is 33.6 Å². The van der Waals surface area contributed by atoms with E-state index < -0.39 is 33.6 Å². The second-order valence-corrected chi connectivity index (χ2v) is 4.95. The second-order valence-electron chi connectivity index (χ2n) is 4.95. The van der Waals surface area contributed by atoms with Crippen molar-refractivity contribution in [2.45, 2.75) is 19.4 Å². The first-order valence-corrected chi connectivity index (χ1v) is 6.54. The highest BCUT2D eigenvalue weighted by molar-refractivity contribution is 6.01. The molecule has 1 heterocycles. The van der Waals surface area contributed by atoms with Gasteiger partial charge >= 0.3 is 0 Å². The minimum absolute atomic E-state index is 0.0117. The molecule has 0 radical (unpaired) electrons. The molecule has 21 heavy (non-hydrogen) atoms. The molecule has 114 valence electrons. The fourth-order valence-corrected chi connectivity index (χ4v) is 2.33. The molecule has 1 amide bonds. The third-order valence-electron chi connectivity index (χ3n) is 3.65. The summed E-state index contributed by atoms with van der Waals surface area (Å²) in [7, 11) is 0. The van der Waals surface area contributed by atoms with Gasteiger partial charge in [0.05, 0.1) is 11.0 Å². The summed E-state index contributed by atoms with van der Waals surface area (Å²) in [4.78, 5) is 22.1. The van der Waals surface area contributed by atoms with Crippen molar-refractivity contribution in [1.29, 1.82) is 0 Å². The van der Waals surface area contributed by atoms with Crippen LogP contribution in [0.2, 0.25) is 0 Å². The average Bonchev–Trinajstić information content (AvgIpc) is 2.81. The maximum Gasteiger partial charge on any atom is 0.293 e. The summed E-state index contributed by atoms with van der Waals surface area (Å²) < 4.78 is 19.1. The molecule has 2 rings (SSSR count). The van der Waals surface area contributed by atoms with Crippen LogP contribution in [-0.4, -0.2) is 30.1 Å². The first-order chi connectivity index (χ1) is 9.91. The minimum Gasteiger partial charge on any atom is -0.392 e. The Kier molecular flexibility index (Phi) is 4.37. The van der Waals surface area contributed by atoms with Crippen LogP contribution in [0.25, 0.3) is 0 Å². The first kappa shape index (κ1) is 15.2. The molecular formula is C13H16FN3O4. The molecule has 0 aromatic heterocycles. The lowest BCUT2D eigenvalue weighted by molar-refractivity contribution is -0.384. The number of nitrogen functional groups attached to an aromatic ring is 1. The molecule has 1 aromatic carbocycles. The second kappa shape index (κ2) is 6.04. The van der Waals surface area contributed by atoms with E-state index in [2.05, 4.69) is 5.32 Å². The Hall–Kier alpha value is -2.22. The van der Waals surface area contributed by atoms with Gasteiger partial charge < -0.3 is 15.8 Å². The molecular weight excluding hydrogens is 281 g/mol. The van der Waals surface area contributed by atoms with E-state index in [0.29, 0.717) is 13.2 Å². The Morgan fingerprint density at radius 1 is 1.62 bits per heavy atom. The van der Waals surface area contributed by atoms with Crippen LogP contribution in [0.3, 0.4) is 0 Å². The van der Waals surface area contributed by atoms with Crippen LogP contribution in [0.4, 0.5) is 15.8 Å². The number of ether oxygens (including phenoxy) is 1. The van der Waals surface area contributed by atoms with E-state index in [1.54, 1.807) is 0 Å². The minimum atomic E-state index is -0.883. The van der Waals surface area contributed by atoms with Crippen molar-refractivity contribution in [1.82, 2.24) is 5.32 Å². The number of nitrogens with two attached hydrogens (primary N) is 1. The first-order valence-electron chi connectivity index (χ1n) is 6.54. The van der Waals surface area contributed by atoms with Gasteiger partial charge in [-0.3, -0.25) is 14.9 Å². The Morgan fingerprint density at radius 2 is 2.33 bits per heavy atom. The molecule has 1 saturated heterocycles. The van der Waals surface area contributed by atoms with Gasteiger partial charge in [-0.25, -0.2) is 4.39 Å². The van der Waals surface area contributed by atoms with Gasteiger partial charge in [-0.05, 0) is 19.4 Å². The molecule has 1 aliphatic rings. The zero-order chi connectivity index (χ0) is 15.6. The highest BCUT2D eigenvalue weighted by Gasteiger charge is 2.27. The standard InChI is InChI=1S/C13H16FN3O4/c1-7-8(4-5-21-7)6-16-13(18)11-9(14)2-3-10(12(11)15)17(19)20/h2-3,7-8H,4-6,15H2,1H3,(H,16,18). The number of carbonyl (C=O) groups is 1. The maximum absolute atomic E-state index is 13.7. The van der Waals surface area contributed by atoms with Crippen LogP contribution in [0.15, 0.2) is 12.1 Å². The number of hydrogen-bond donors (Lipinski definition) is 2. The maximum atomic E-state index is 13.7. The van der Waals surface area contributed by atoms with E-state index in [-0.39, 0.29) is 12.0 Å². The van der Waals surface area contributed by atoms with Crippen LogP contribution in [0, 0.1) is 21.8 Å². The average molecular weight is 297 g/mol. The third-order valence-corrected chi connectivity index (χ3v) is 3.65. The van der Waals surface area contributed by atoms with Crippen LogP contribution in [-0.2, 0) is 4.74 Å². The van der Waals surface area contributed by atoms with Crippen LogP contribution >= 0.6 is 0 Å². The number of nitro benzene ring substituents is 1. The number of nitrogens with zero attached hydrogens (tertiary/aromatic N) is 1. The van der Waals surface area contributed by atoms with E-state index in [4.69, 9.17) is 10.5 Å². The van der Waals surface area contributed by atoms with E-state index in [9.17, 15) is 19.3 Å². The van der Waals surface area contributed by atoms with E-state index >= 15 is 0 Å². The molecule has 0 spiro atoms. The fraction of sp³-hybridized carbons (Fsp3) is 0.462.